The van der Waals surface area contributed by atoms with E-state index in [2.05, 4.69) is 0 Å². The minimum Gasteiger partial charge on any atom is -0.396 e. The molecule has 3 heteroatoms. The summed E-state index contributed by atoms with van der Waals surface area (Å²) in [6, 6.07) is 0. The van der Waals surface area contributed by atoms with Crippen molar-refractivity contribution in [2.24, 2.45) is 17.8 Å². The Morgan fingerprint density at radius 1 is 1.00 bits per heavy atom. The summed E-state index contributed by atoms with van der Waals surface area (Å²) < 4.78 is 0. The predicted molar refractivity (Wildman–Crippen MR) is 52.3 cm³/mol. The van der Waals surface area contributed by atoms with Gasteiger partial charge in [-0.3, -0.25) is 0 Å². The molecule has 3 N–H and O–H groups in total. The fraction of sp³-hybridized carbons (Fsp3) is 1.00. The van der Waals surface area contributed by atoms with E-state index in [1.807, 2.05) is 13.8 Å². The van der Waals surface area contributed by atoms with Crippen LogP contribution in [0.5, 0.6) is 0 Å². The first kappa shape index (κ1) is 12.9. The summed E-state index contributed by atoms with van der Waals surface area (Å²) in [6.45, 7) is 4.50. The first-order valence-electron chi connectivity index (χ1n) is 4.99. The second-order valence-electron chi connectivity index (χ2n) is 3.83. The Balaban J connectivity index is 3.90. The number of aliphatic hydroxyl groups is 3. The molecular weight excluding hydrogens is 168 g/mol. The molecule has 0 heterocycles. The molecule has 0 radical (unpaired) electrons. The summed E-state index contributed by atoms with van der Waals surface area (Å²) in [4.78, 5) is 0. The lowest BCUT2D eigenvalue weighted by atomic mass is 9.82. The molecule has 80 valence electrons. The van der Waals surface area contributed by atoms with Crippen molar-refractivity contribution in [2.45, 2.75) is 26.7 Å². The minimum atomic E-state index is 0.144. The molecule has 0 aromatic carbocycles. The summed E-state index contributed by atoms with van der Waals surface area (Å²) in [5.41, 5.74) is 0. The summed E-state index contributed by atoms with van der Waals surface area (Å²) in [5, 5.41) is 26.7. The van der Waals surface area contributed by atoms with Crippen LogP contribution in [0.3, 0.4) is 0 Å². The molecule has 0 aromatic rings. The number of rotatable bonds is 7. The Morgan fingerprint density at radius 3 is 2.00 bits per heavy atom. The zero-order valence-electron chi connectivity index (χ0n) is 8.61. The number of hydrogen-bond donors (Lipinski definition) is 3. The molecule has 3 nitrogen and oxygen atoms in total. The highest BCUT2D eigenvalue weighted by Gasteiger charge is 2.20. The zero-order valence-corrected chi connectivity index (χ0v) is 8.61. The molecule has 0 saturated carbocycles. The molecule has 0 aromatic heterocycles. The maximum atomic E-state index is 9.10. The van der Waals surface area contributed by atoms with Crippen LogP contribution in [-0.4, -0.2) is 35.1 Å². The first-order chi connectivity index (χ1) is 6.17. The molecule has 0 aliphatic rings. The van der Waals surface area contributed by atoms with Crippen LogP contribution in [0.15, 0.2) is 0 Å². The Hall–Kier alpha value is -0.120. The van der Waals surface area contributed by atoms with E-state index in [4.69, 9.17) is 15.3 Å². The molecule has 0 rings (SSSR count). The predicted octanol–water partition coefficient (Wildman–Crippen LogP) is 0.632. The highest BCUT2D eigenvalue weighted by Crippen LogP contribution is 2.23. The van der Waals surface area contributed by atoms with E-state index in [1.54, 1.807) is 0 Å². The monoisotopic (exact) mass is 190 g/mol. The van der Waals surface area contributed by atoms with Crippen LogP contribution < -0.4 is 0 Å². The molecule has 0 aliphatic carbocycles. The third kappa shape index (κ3) is 4.60. The molecule has 13 heavy (non-hydrogen) atoms. The van der Waals surface area contributed by atoms with Gasteiger partial charge in [-0.1, -0.05) is 13.8 Å². The van der Waals surface area contributed by atoms with Crippen LogP contribution >= 0.6 is 0 Å². The summed E-state index contributed by atoms with van der Waals surface area (Å²) in [5.74, 6) is 0.728. The van der Waals surface area contributed by atoms with Crippen LogP contribution in [0.2, 0.25) is 0 Å². The lowest BCUT2D eigenvalue weighted by Crippen LogP contribution is -2.24. The van der Waals surface area contributed by atoms with E-state index in [-0.39, 0.29) is 31.7 Å². The zero-order chi connectivity index (χ0) is 10.3. The lowest BCUT2D eigenvalue weighted by Gasteiger charge is -2.26. The fourth-order valence-electron chi connectivity index (χ4n) is 1.50. The van der Waals surface area contributed by atoms with E-state index in [0.29, 0.717) is 5.92 Å². The maximum Gasteiger partial charge on any atom is 0.0461 e. The van der Waals surface area contributed by atoms with Gasteiger partial charge in [-0.2, -0.15) is 0 Å². The summed E-state index contributed by atoms with van der Waals surface area (Å²) in [7, 11) is 0. The van der Waals surface area contributed by atoms with Crippen molar-refractivity contribution >= 4 is 0 Å². The molecule has 3 unspecified atom stereocenters. The van der Waals surface area contributed by atoms with Crippen LogP contribution in [0.1, 0.15) is 26.7 Å². The standard InChI is InChI=1S/C10H22O3/c1-8(6-12)9(2)10(7-13)4-3-5-11/h8-13H,3-7H2,1-2H3. The van der Waals surface area contributed by atoms with Gasteiger partial charge >= 0.3 is 0 Å². The van der Waals surface area contributed by atoms with Gasteiger partial charge in [-0.25, -0.2) is 0 Å². The Kier molecular flexibility index (Phi) is 7.23. The smallest absolute Gasteiger partial charge is 0.0461 e. The van der Waals surface area contributed by atoms with E-state index in [0.717, 1.165) is 12.8 Å². The number of hydrogen-bond acceptors (Lipinski definition) is 3. The van der Waals surface area contributed by atoms with Crippen molar-refractivity contribution < 1.29 is 15.3 Å². The first-order valence-corrected chi connectivity index (χ1v) is 4.99. The van der Waals surface area contributed by atoms with Gasteiger partial charge in [0.05, 0.1) is 0 Å². The molecule has 0 amide bonds. The molecule has 0 saturated heterocycles. The lowest BCUT2D eigenvalue weighted by molar-refractivity contribution is 0.104. The van der Waals surface area contributed by atoms with Crippen molar-refractivity contribution in [3.8, 4) is 0 Å². The average molecular weight is 190 g/mol. The Bertz CT molecular complexity index is 117. The molecule has 0 bridgehead atoms. The highest BCUT2D eigenvalue weighted by atomic mass is 16.3. The van der Waals surface area contributed by atoms with Gasteiger partial charge in [0.25, 0.3) is 0 Å². The molecule has 0 aliphatic heterocycles. The summed E-state index contributed by atoms with van der Waals surface area (Å²) in [6.07, 6.45) is 1.56. The highest BCUT2D eigenvalue weighted by molar-refractivity contribution is 4.70. The van der Waals surface area contributed by atoms with Gasteiger partial charge in [-0.15, -0.1) is 0 Å². The topological polar surface area (TPSA) is 60.7 Å². The van der Waals surface area contributed by atoms with Gasteiger partial charge < -0.3 is 15.3 Å². The van der Waals surface area contributed by atoms with E-state index in [9.17, 15) is 0 Å². The second-order valence-corrected chi connectivity index (χ2v) is 3.83. The molecule has 0 spiro atoms. The van der Waals surface area contributed by atoms with Crippen LogP contribution in [-0.2, 0) is 0 Å². The van der Waals surface area contributed by atoms with Crippen molar-refractivity contribution in [3.63, 3.8) is 0 Å². The Morgan fingerprint density at radius 2 is 1.62 bits per heavy atom. The third-order valence-electron chi connectivity index (χ3n) is 2.90. The quantitative estimate of drug-likeness (QED) is 0.552. The van der Waals surface area contributed by atoms with Crippen molar-refractivity contribution in [1.29, 1.82) is 0 Å². The maximum absolute atomic E-state index is 9.10. The average Bonchev–Trinajstić information content (AvgIpc) is 2.17. The van der Waals surface area contributed by atoms with E-state index in [1.165, 1.54) is 0 Å². The van der Waals surface area contributed by atoms with Gasteiger partial charge in [0.15, 0.2) is 0 Å². The third-order valence-corrected chi connectivity index (χ3v) is 2.90. The SMILES string of the molecule is CC(CO)C(C)C(CO)CCCO. The molecule has 3 atom stereocenters. The van der Waals surface area contributed by atoms with Gasteiger partial charge in [0, 0.05) is 19.8 Å². The molecular formula is C10H22O3. The van der Waals surface area contributed by atoms with Crippen molar-refractivity contribution in [2.75, 3.05) is 19.8 Å². The van der Waals surface area contributed by atoms with Gasteiger partial charge in [-0.05, 0) is 30.6 Å². The van der Waals surface area contributed by atoms with Gasteiger partial charge in [0.2, 0.25) is 0 Å². The van der Waals surface area contributed by atoms with Crippen molar-refractivity contribution in [1.82, 2.24) is 0 Å². The van der Waals surface area contributed by atoms with Gasteiger partial charge in [0.1, 0.15) is 0 Å². The largest absolute Gasteiger partial charge is 0.396 e. The second kappa shape index (κ2) is 7.30. The van der Waals surface area contributed by atoms with Crippen LogP contribution in [0, 0.1) is 17.8 Å². The van der Waals surface area contributed by atoms with Crippen molar-refractivity contribution in [3.05, 3.63) is 0 Å². The van der Waals surface area contributed by atoms with Crippen LogP contribution in [0.25, 0.3) is 0 Å². The number of aliphatic hydroxyl groups excluding tert-OH is 3. The molecule has 0 fully saturated rings. The minimum absolute atomic E-state index is 0.144. The normalized spacial score (nSPS) is 18.2. The van der Waals surface area contributed by atoms with Crippen LogP contribution in [0.4, 0.5) is 0 Å². The Labute approximate surface area is 80.4 Å². The summed E-state index contributed by atoms with van der Waals surface area (Å²) >= 11 is 0. The fourth-order valence-corrected chi connectivity index (χ4v) is 1.50. The van der Waals surface area contributed by atoms with E-state index < -0.39 is 0 Å². The van der Waals surface area contributed by atoms with E-state index >= 15 is 0 Å².